The van der Waals surface area contributed by atoms with Crippen LogP contribution < -0.4 is 37.5 Å². The number of nitrogens with zero attached hydrogens (tertiary/aromatic N) is 1. The minimum absolute atomic E-state index is 0.0178. The molecule has 60 heavy (non-hydrogen) atoms. The lowest BCUT2D eigenvalue weighted by molar-refractivity contribution is -0.130. The lowest BCUT2D eigenvalue weighted by atomic mass is 10.1. The molecule has 0 saturated heterocycles. The lowest BCUT2D eigenvalue weighted by Gasteiger charge is -2.19. The SMILES string of the molecule is CNC(=S)Nc1ccc(/C=C/c2ccc(NC(=S)NNC(=O)C(Nc3ccc4ccccc4c3)C(=O)N/N=C/c3cc(Br)c(O)c(Br)c3)cc2S(=O)(=O)O)c(S(=O)(=O)O)c1. The number of carbonyl (C=O) groups is 2. The van der Waals surface area contributed by atoms with Crippen LogP contribution in [0.25, 0.3) is 22.9 Å². The summed E-state index contributed by atoms with van der Waals surface area (Å²) in [4.78, 5) is 25.8. The maximum Gasteiger partial charge on any atom is 0.295 e. The summed E-state index contributed by atoms with van der Waals surface area (Å²) in [5.74, 6) is -1.81. The van der Waals surface area contributed by atoms with E-state index in [2.05, 4.69) is 74.5 Å². The zero-order valence-corrected chi connectivity index (χ0v) is 37.0. The van der Waals surface area contributed by atoms with Crippen molar-refractivity contribution in [1.82, 2.24) is 21.6 Å². The number of aromatic hydroxyl groups is 1. The van der Waals surface area contributed by atoms with Gasteiger partial charge in [-0.3, -0.25) is 29.5 Å². The fourth-order valence-electron chi connectivity index (χ4n) is 5.26. The van der Waals surface area contributed by atoms with E-state index in [-0.39, 0.29) is 38.5 Å². The quantitative estimate of drug-likeness (QED) is 0.0182. The second kappa shape index (κ2) is 19.7. The van der Waals surface area contributed by atoms with Crippen LogP contribution in [-0.4, -0.2) is 72.4 Å². The molecular formula is C37H32Br2N8O9S4. The predicted octanol–water partition coefficient (Wildman–Crippen LogP) is 5.60. The average Bonchev–Trinajstić information content (AvgIpc) is 3.19. The minimum Gasteiger partial charge on any atom is -0.506 e. The van der Waals surface area contributed by atoms with Gasteiger partial charge in [-0.25, -0.2) is 5.43 Å². The maximum absolute atomic E-state index is 13.5. The number of halogens is 2. The van der Waals surface area contributed by atoms with E-state index in [0.29, 0.717) is 20.2 Å². The molecule has 0 aliphatic heterocycles. The van der Waals surface area contributed by atoms with E-state index in [1.165, 1.54) is 42.6 Å². The first-order chi connectivity index (χ1) is 28.3. The van der Waals surface area contributed by atoms with Crippen molar-refractivity contribution in [2.75, 3.05) is 23.0 Å². The van der Waals surface area contributed by atoms with Crippen molar-refractivity contribution in [3.8, 4) is 5.75 Å². The van der Waals surface area contributed by atoms with Crippen molar-refractivity contribution in [2.45, 2.75) is 15.8 Å². The summed E-state index contributed by atoms with van der Waals surface area (Å²) >= 11 is 16.8. The van der Waals surface area contributed by atoms with Crippen LogP contribution in [0.15, 0.2) is 115 Å². The molecule has 23 heteroatoms. The zero-order chi connectivity index (χ0) is 43.8. The van der Waals surface area contributed by atoms with Crippen LogP contribution in [0.2, 0.25) is 0 Å². The molecule has 0 aliphatic rings. The maximum atomic E-state index is 13.5. The standard InChI is InChI=1S/C37H32Br2N8O9S4/c1-40-36(57)43-26-12-9-22(30(17-26)59(51,52)53)6-7-23-10-13-27(18-31(23)60(54,55)56)44-37(58)47-46-35(50)32(42-25-11-8-21-4-2-3-5-24(21)16-25)34(49)45-41-19-20-14-28(38)33(48)29(39)15-20/h2-19,32,42,48H,1H3,(H,45,49)(H,46,50)(H2,40,43,57)(H2,44,47,58)(H,51,52,53)(H,54,55,56)/b7-6+,41-19+. The topological polar surface area (TPSA) is 260 Å². The van der Waals surface area contributed by atoms with E-state index in [1.807, 2.05) is 24.3 Å². The smallest absolute Gasteiger partial charge is 0.295 e. The van der Waals surface area contributed by atoms with Gasteiger partial charge in [0, 0.05) is 24.1 Å². The number of phenols is 1. The molecule has 0 aromatic heterocycles. The predicted molar refractivity (Wildman–Crippen MR) is 245 cm³/mol. The highest BCUT2D eigenvalue weighted by molar-refractivity contribution is 9.11. The van der Waals surface area contributed by atoms with Crippen LogP contribution in [-0.2, 0) is 29.8 Å². The number of fused-ring (bicyclic) bond motifs is 1. The van der Waals surface area contributed by atoms with Crippen molar-refractivity contribution in [1.29, 1.82) is 0 Å². The number of hydrazine groups is 1. The largest absolute Gasteiger partial charge is 0.506 e. The van der Waals surface area contributed by atoms with Gasteiger partial charge in [0.2, 0.25) is 0 Å². The van der Waals surface area contributed by atoms with E-state index in [1.54, 1.807) is 37.4 Å². The molecule has 0 saturated carbocycles. The summed E-state index contributed by atoms with van der Waals surface area (Å²) in [7, 11) is -8.08. The number of thiocarbonyl (C=S) groups is 2. The third-order valence-corrected chi connectivity index (χ3v) is 11.6. The Morgan fingerprint density at radius 1 is 0.700 bits per heavy atom. The molecular weight excluding hydrogens is 989 g/mol. The number of anilines is 3. The third kappa shape index (κ3) is 12.3. The third-order valence-electron chi connectivity index (χ3n) is 8.08. The Kier molecular flexibility index (Phi) is 14.9. The number of phenolic OH excluding ortho intramolecular Hbond substituents is 1. The number of nitrogens with one attached hydrogen (secondary N) is 7. The van der Waals surface area contributed by atoms with Gasteiger partial charge in [0.05, 0.1) is 15.2 Å². The fraction of sp³-hybridized carbons (Fsp3) is 0.0541. The van der Waals surface area contributed by atoms with Crippen molar-refractivity contribution in [3.05, 3.63) is 117 Å². The number of rotatable bonds is 12. The number of amides is 2. The first kappa shape index (κ1) is 45.6. The summed E-state index contributed by atoms with van der Waals surface area (Å²) in [6.07, 6.45) is 3.72. The first-order valence-corrected chi connectivity index (χ1v) is 22.1. The van der Waals surface area contributed by atoms with E-state index in [4.69, 9.17) is 24.4 Å². The van der Waals surface area contributed by atoms with Crippen LogP contribution in [0.5, 0.6) is 5.75 Å². The van der Waals surface area contributed by atoms with E-state index < -0.39 is 47.9 Å². The second-order valence-electron chi connectivity index (χ2n) is 12.3. The number of hydrogen-bond donors (Lipinski definition) is 10. The molecule has 17 nitrogen and oxygen atoms in total. The fourth-order valence-corrected chi connectivity index (χ4v) is 8.19. The van der Waals surface area contributed by atoms with Gasteiger partial charge in [-0.1, -0.05) is 54.6 Å². The molecule has 312 valence electrons. The van der Waals surface area contributed by atoms with Crippen molar-refractivity contribution < 1.29 is 40.6 Å². The van der Waals surface area contributed by atoms with Crippen LogP contribution >= 0.6 is 56.3 Å². The number of hydrazone groups is 1. The molecule has 0 spiro atoms. The Balaban J connectivity index is 1.31. The molecule has 0 aliphatic carbocycles. The first-order valence-electron chi connectivity index (χ1n) is 16.9. The Morgan fingerprint density at radius 3 is 1.78 bits per heavy atom. The number of hydrogen-bond acceptors (Lipinski definition) is 11. The monoisotopic (exact) mass is 1020 g/mol. The van der Waals surface area contributed by atoms with Crippen molar-refractivity contribution >= 4 is 145 Å². The van der Waals surface area contributed by atoms with Gasteiger partial charge < -0.3 is 26.4 Å². The zero-order valence-electron chi connectivity index (χ0n) is 30.6. The lowest BCUT2D eigenvalue weighted by Crippen LogP contribution is -2.54. The molecule has 1 atom stereocenters. The number of benzene rings is 5. The van der Waals surface area contributed by atoms with Crippen LogP contribution in [0.1, 0.15) is 16.7 Å². The Labute approximate surface area is 370 Å². The van der Waals surface area contributed by atoms with Gasteiger partial charge in [0.1, 0.15) is 15.5 Å². The van der Waals surface area contributed by atoms with Gasteiger partial charge in [0.15, 0.2) is 16.3 Å². The molecule has 1 unspecified atom stereocenters. The molecule has 0 fully saturated rings. The minimum atomic E-state index is -4.88. The van der Waals surface area contributed by atoms with Crippen molar-refractivity contribution in [3.63, 3.8) is 0 Å². The highest BCUT2D eigenvalue weighted by Crippen LogP contribution is 2.33. The molecule has 0 radical (unpaired) electrons. The molecule has 2 amide bonds. The average molecular weight is 1020 g/mol. The van der Waals surface area contributed by atoms with Crippen LogP contribution in [0, 0.1) is 0 Å². The second-order valence-corrected chi connectivity index (χ2v) is 17.6. The summed E-state index contributed by atoms with van der Waals surface area (Å²) in [5.41, 5.74) is 8.20. The Hall–Kier alpha value is -5.53. The van der Waals surface area contributed by atoms with Gasteiger partial charge in [0.25, 0.3) is 32.1 Å². The summed E-state index contributed by atoms with van der Waals surface area (Å²) in [6, 6.07) is 21.8. The van der Waals surface area contributed by atoms with Gasteiger partial charge >= 0.3 is 0 Å². The molecule has 0 bridgehead atoms. The van der Waals surface area contributed by atoms with Crippen molar-refractivity contribution in [2.24, 2.45) is 5.10 Å². The van der Waals surface area contributed by atoms with E-state index >= 15 is 0 Å². The Bertz CT molecular complexity index is 2790. The normalized spacial score (nSPS) is 12.2. The van der Waals surface area contributed by atoms with Gasteiger partial charge in [-0.2, -0.15) is 21.9 Å². The Morgan fingerprint density at radius 2 is 1.23 bits per heavy atom. The van der Waals surface area contributed by atoms with Gasteiger partial charge in [-0.05, 0) is 132 Å². The molecule has 0 heterocycles. The molecule has 10 N–H and O–H groups in total. The van der Waals surface area contributed by atoms with Crippen LogP contribution in [0.3, 0.4) is 0 Å². The summed E-state index contributed by atoms with van der Waals surface area (Å²) < 4.78 is 69.9. The van der Waals surface area contributed by atoms with E-state index in [0.717, 1.165) is 22.9 Å². The molecule has 5 aromatic carbocycles. The van der Waals surface area contributed by atoms with Gasteiger partial charge in [-0.15, -0.1) is 0 Å². The highest BCUT2D eigenvalue weighted by Gasteiger charge is 2.27. The van der Waals surface area contributed by atoms with Crippen LogP contribution in [0.4, 0.5) is 17.1 Å². The summed E-state index contributed by atoms with van der Waals surface area (Å²) in [6.45, 7) is 0. The molecule has 5 rings (SSSR count). The summed E-state index contributed by atoms with van der Waals surface area (Å²) in [5, 5.41) is 26.6. The number of carbonyl (C=O) groups excluding carboxylic acids is 2. The molecule has 5 aromatic rings. The van der Waals surface area contributed by atoms with E-state index in [9.17, 15) is 40.6 Å². The highest BCUT2D eigenvalue weighted by atomic mass is 79.9.